The molecule has 1 atom stereocenters. The zero-order chi connectivity index (χ0) is 16.3. The number of benzene rings is 2. The Morgan fingerprint density at radius 1 is 1.05 bits per heavy atom. The molecule has 2 rings (SSSR count). The molecule has 0 aliphatic rings. The lowest BCUT2D eigenvalue weighted by atomic mass is 10.1. The Bertz CT molecular complexity index is 730. The standard InChI is InChI=1S/C15H15F2NO3S/c1-18(10-14(19)11-6-3-2-4-7-11)22(20,21)15-12(16)8-5-9-13(15)17/h2-9,14,19H,10H2,1H3. The van der Waals surface area contributed by atoms with Crippen LogP contribution in [0, 0.1) is 11.6 Å². The van der Waals surface area contributed by atoms with Crippen molar-refractivity contribution in [3.05, 3.63) is 65.7 Å². The molecule has 0 spiro atoms. The van der Waals surface area contributed by atoms with Gasteiger partial charge in [-0.15, -0.1) is 0 Å². The minimum Gasteiger partial charge on any atom is -0.387 e. The number of aliphatic hydroxyl groups is 1. The van der Waals surface area contributed by atoms with E-state index in [1.165, 1.54) is 0 Å². The molecule has 0 aliphatic heterocycles. The molecule has 0 aromatic heterocycles. The Morgan fingerprint density at radius 3 is 2.14 bits per heavy atom. The summed E-state index contributed by atoms with van der Waals surface area (Å²) >= 11 is 0. The molecule has 0 radical (unpaired) electrons. The van der Waals surface area contributed by atoms with Crippen molar-refractivity contribution in [2.24, 2.45) is 0 Å². The van der Waals surface area contributed by atoms with Crippen LogP contribution in [0.4, 0.5) is 8.78 Å². The Balaban J connectivity index is 2.27. The lowest BCUT2D eigenvalue weighted by molar-refractivity contribution is 0.154. The highest BCUT2D eigenvalue weighted by Crippen LogP contribution is 2.23. The molecule has 0 heterocycles. The van der Waals surface area contributed by atoms with Crippen molar-refractivity contribution in [3.63, 3.8) is 0 Å². The van der Waals surface area contributed by atoms with Crippen LogP contribution in [0.3, 0.4) is 0 Å². The van der Waals surface area contributed by atoms with Gasteiger partial charge in [0.15, 0.2) is 4.90 Å². The fourth-order valence-corrected chi connectivity index (χ4v) is 3.29. The van der Waals surface area contributed by atoms with Gasteiger partial charge in [0.25, 0.3) is 0 Å². The summed E-state index contributed by atoms with van der Waals surface area (Å²) in [6, 6.07) is 11.2. The summed E-state index contributed by atoms with van der Waals surface area (Å²) in [7, 11) is -3.22. The van der Waals surface area contributed by atoms with Gasteiger partial charge in [0.2, 0.25) is 10.0 Å². The van der Waals surface area contributed by atoms with Gasteiger partial charge >= 0.3 is 0 Å². The third-order valence-electron chi connectivity index (χ3n) is 3.20. The molecule has 4 nitrogen and oxygen atoms in total. The van der Waals surface area contributed by atoms with Gasteiger partial charge in [0.1, 0.15) is 11.6 Å². The van der Waals surface area contributed by atoms with E-state index in [-0.39, 0.29) is 6.54 Å². The molecule has 0 bridgehead atoms. The maximum absolute atomic E-state index is 13.7. The first-order valence-corrected chi connectivity index (χ1v) is 7.91. The smallest absolute Gasteiger partial charge is 0.248 e. The highest BCUT2D eigenvalue weighted by atomic mass is 32.2. The fraction of sp³-hybridized carbons (Fsp3) is 0.200. The van der Waals surface area contributed by atoms with Crippen LogP contribution < -0.4 is 0 Å². The second kappa shape index (κ2) is 6.51. The zero-order valence-electron chi connectivity index (χ0n) is 11.8. The van der Waals surface area contributed by atoms with E-state index in [1.54, 1.807) is 30.3 Å². The zero-order valence-corrected chi connectivity index (χ0v) is 12.6. The summed E-state index contributed by atoms with van der Waals surface area (Å²) < 4.78 is 52.6. The Labute approximate surface area is 127 Å². The molecule has 7 heteroatoms. The van der Waals surface area contributed by atoms with Gasteiger partial charge in [-0.3, -0.25) is 0 Å². The van der Waals surface area contributed by atoms with Crippen LogP contribution in [0.1, 0.15) is 11.7 Å². The minimum atomic E-state index is -4.38. The van der Waals surface area contributed by atoms with Crippen LogP contribution >= 0.6 is 0 Å². The summed E-state index contributed by atoms with van der Waals surface area (Å²) in [6.07, 6.45) is -1.10. The third-order valence-corrected chi connectivity index (χ3v) is 5.08. The molecule has 1 unspecified atom stereocenters. The maximum Gasteiger partial charge on any atom is 0.248 e. The van der Waals surface area contributed by atoms with Gasteiger partial charge in [-0.05, 0) is 17.7 Å². The largest absolute Gasteiger partial charge is 0.387 e. The summed E-state index contributed by atoms with van der Waals surface area (Å²) in [5.41, 5.74) is 0.513. The predicted molar refractivity (Wildman–Crippen MR) is 77.6 cm³/mol. The van der Waals surface area contributed by atoms with E-state index in [0.29, 0.717) is 5.56 Å². The average Bonchev–Trinajstić information content (AvgIpc) is 2.47. The number of likely N-dealkylation sites (N-methyl/N-ethyl adjacent to an activating group) is 1. The van der Waals surface area contributed by atoms with Crippen LogP contribution in [-0.4, -0.2) is 31.4 Å². The van der Waals surface area contributed by atoms with Gasteiger partial charge in [-0.25, -0.2) is 17.2 Å². The first kappa shape index (κ1) is 16.5. The summed E-state index contributed by atoms with van der Waals surface area (Å²) in [5.74, 6) is -2.33. The van der Waals surface area contributed by atoms with Crippen LogP contribution in [0.25, 0.3) is 0 Å². The number of aliphatic hydroxyl groups excluding tert-OH is 1. The molecule has 0 saturated heterocycles. The van der Waals surface area contributed by atoms with Crippen LogP contribution in [-0.2, 0) is 10.0 Å². The lowest BCUT2D eigenvalue weighted by Crippen LogP contribution is -2.32. The Morgan fingerprint density at radius 2 is 1.59 bits per heavy atom. The monoisotopic (exact) mass is 327 g/mol. The van der Waals surface area contributed by atoms with Crippen LogP contribution in [0.2, 0.25) is 0 Å². The topological polar surface area (TPSA) is 57.6 Å². The number of hydrogen-bond donors (Lipinski definition) is 1. The van der Waals surface area contributed by atoms with E-state index in [1.807, 2.05) is 0 Å². The second-order valence-corrected chi connectivity index (χ2v) is 6.74. The van der Waals surface area contributed by atoms with Crippen molar-refractivity contribution < 1.29 is 22.3 Å². The Kier molecular flexibility index (Phi) is 4.90. The van der Waals surface area contributed by atoms with E-state index in [4.69, 9.17) is 0 Å². The van der Waals surface area contributed by atoms with E-state index >= 15 is 0 Å². The van der Waals surface area contributed by atoms with Gasteiger partial charge in [-0.2, -0.15) is 4.31 Å². The normalized spacial score (nSPS) is 13.3. The molecule has 0 fully saturated rings. The number of nitrogens with zero attached hydrogens (tertiary/aromatic N) is 1. The van der Waals surface area contributed by atoms with Gasteiger partial charge in [0.05, 0.1) is 6.10 Å². The molecule has 0 saturated carbocycles. The molecule has 1 N–H and O–H groups in total. The summed E-state index contributed by atoms with van der Waals surface area (Å²) in [4.78, 5) is -1.02. The van der Waals surface area contributed by atoms with E-state index in [0.717, 1.165) is 29.6 Å². The van der Waals surface area contributed by atoms with E-state index in [9.17, 15) is 22.3 Å². The lowest BCUT2D eigenvalue weighted by Gasteiger charge is -2.21. The highest BCUT2D eigenvalue weighted by molar-refractivity contribution is 7.89. The predicted octanol–water partition coefficient (Wildman–Crippen LogP) is 2.32. The minimum absolute atomic E-state index is 0.319. The number of sulfonamides is 1. The van der Waals surface area contributed by atoms with Gasteiger partial charge in [-0.1, -0.05) is 36.4 Å². The van der Waals surface area contributed by atoms with Crippen molar-refractivity contribution >= 4 is 10.0 Å². The number of halogens is 2. The van der Waals surface area contributed by atoms with Crippen molar-refractivity contribution in [2.75, 3.05) is 13.6 Å². The molecule has 0 amide bonds. The third kappa shape index (κ3) is 3.32. The first-order valence-electron chi connectivity index (χ1n) is 6.47. The summed E-state index contributed by atoms with van der Waals surface area (Å²) in [6.45, 7) is -0.319. The van der Waals surface area contributed by atoms with Gasteiger partial charge in [0, 0.05) is 13.6 Å². The van der Waals surface area contributed by atoms with E-state index < -0.39 is 32.7 Å². The van der Waals surface area contributed by atoms with Crippen molar-refractivity contribution in [3.8, 4) is 0 Å². The highest BCUT2D eigenvalue weighted by Gasteiger charge is 2.29. The molecule has 2 aromatic carbocycles. The molecular formula is C15H15F2NO3S. The van der Waals surface area contributed by atoms with Crippen LogP contribution in [0.5, 0.6) is 0 Å². The van der Waals surface area contributed by atoms with Crippen molar-refractivity contribution in [2.45, 2.75) is 11.0 Å². The van der Waals surface area contributed by atoms with Gasteiger partial charge < -0.3 is 5.11 Å². The number of rotatable bonds is 5. The maximum atomic E-state index is 13.7. The second-order valence-electron chi connectivity index (χ2n) is 4.76. The first-order chi connectivity index (χ1) is 10.3. The van der Waals surface area contributed by atoms with Crippen LogP contribution in [0.15, 0.2) is 53.4 Å². The quantitative estimate of drug-likeness (QED) is 0.917. The SMILES string of the molecule is CN(CC(O)c1ccccc1)S(=O)(=O)c1c(F)cccc1F. The summed E-state index contributed by atoms with van der Waals surface area (Å²) in [5, 5.41) is 10.0. The molecule has 2 aromatic rings. The fourth-order valence-electron chi connectivity index (χ4n) is 2.01. The molecule has 22 heavy (non-hydrogen) atoms. The molecular weight excluding hydrogens is 312 g/mol. The Hall–Kier alpha value is -1.83. The average molecular weight is 327 g/mol. The number of hydrogen-bond acceptors (Lipinski definition) is 3. The van der Waals surface area contributed by atoms with Crippen molar-refractivity contribution in [1.29, 1.82) is 0 Å². The molecule has 118 valence electrons. The van der Waals surface area contributed by atoms with E-state index in [2.05, 4.69) is 0 Å². The van der Waals surface area contributed by atoms with Crippen molar-refractivity contribution in [1.82, 2.24) is 4.31 Å². The molecule has 0 aliphatic carbocycles.